The zero-order valence-corrected chi connectivity index (χ0v) is 13.5. The zero-order chi connectivity index (χ0) is 16.8. The second-order valence-corrected chi connectivity index (χ2v) is 5.19. The molecule has 2 amide bonds. The van der Waals surface area contributed by atoms with Crippen LogP contribution in [-0.4, -0.2) is 42.4 Å². The molecule has 7 heteroatoms. The van der Waals surface area contributed by atoms with Crippen LogP contribution < -0.4 is 10.1 Å². The number of ether oxygens (including phenoxy) is 1. The SMILES string of the molecule is COc1ccc(NC(=O)CN(C)C(=O)c2ccc(Cl)nc2)cc1. The predicted octanol–water partition coefficient (Wildman–Crippen LogP) is 2.45. The number of pyridine rings is 1. The molecule has 0 saturated carbocycles. The Morgan fingerprint density at radius 3 is 2.48 bits per heavy atom. The molecule has 1 aromatic carbocycles. The van der Waals surface area contributed by atoms with Crippen LogP contribution in [0.5, 0.6) is 5.75 Å². The third kappa shape index (κ3) is 4.69. The number of amides is 2. The second-order valence-electron chi connectivity index (χ2n) is 4.81. The molecule has 1 heterocycles. The highest BCUT2D eigenvalue weighted by atomic mass is 35.5. The number of nitrogens with zero attached hydrogens (tertiary/aromatic N) is 2. The monoisotopic (exact) mass is 333 g/mol. The van der Waals surface area contributed by atoms with E-state index >= 15 is 0 Å². The standard InChI is InChI=1S/C16H16ClN3O3/c1-20(16(22)11-3-8-14(17)18-9-11)10-15(21)19-12-4-6-13(23-2)7-5-12/h3-9H,10H2,1-2H3,(H,19,21). The van der Waals surface area contributed by atoms with Crippen molar-refractivity contribution in [2.45, 2.75) is 0 Å². The van der Waals surface area contributed by atoms with E-state index in [4.69, 9.17) is 16.3 Å². The number of anilines is 1. The van der Waals surface area contributed by atoms with Crippen LogP contribution in [-0.2, 0) is 4.79 Å². The van der Waals surface area contributed by atoms with Gasteiger partial charge in [0.25, 0.3) is 5.91 Å². The van der Waals surface area contributed by atoms with Gasteiger partial charge >= 0.3 is 0 Å². The molecule has 0 atom stereocenters. The summed E-state index contributed by atoms with van der Waals surface area (Å²) in [7, 11) is 3.12. The van der Waals surface area contributed by atoms with Gasteiger partial charge in [-0.3, -0.25) is 9.59 Å². The summed E-state index contributed by atoms with van der Waals surface area (Å²) in [5.74, 6) is 0.0949. The van der Waals surface area contributed by atoms with Gasteiger partial charge in [-0.1, -0.05) is 11.6 Å². The first-order valence-electron chi connectivity index (χ1n) is 6.80. The molecule has 0 aliphatic heterocycles. The predicted molar refractivity (Wildman–Crippen MR) is 87.8 cm³/mol. The van der Waals surface area contributed by atoms with Gasteiger partial charge in [0.15, 0.2) is 0 Å². The van der Waals surface area contributed by atoms with Crippen molar-refractivity contribution in [3.63, 3.8) is 0 Å². The van der Waals surface area contributed by atoms with E-state index in [2.05, 4.69) is 10.3 Å². The highest BCUT2D eigenvalue weighted by molar-refractivity contribution is 6.29. The van der Waals surface area contributed by atoms with Crippen LogP contribution in [0, 0.1) is 0 Å². The molecule has 2 aromatic rings. The average Bonchev–Trinajstić information content (AvgIpc) is 2.55. The van der Waals surface area contributed by atoms with Gasteiger partial charge in [0, 0.05) is 18.9 Å². The molecule has 0 aliphatic carbocycles. The largest absolute Gasteiger partial charge is 0.497 e. The minimum Gasteiger partial charge on any atom is -0.497 e. The van der Waals surface area contributed by atoms with Crippen LogP contribution in [0.4, 0.5) is 5.69 Å². The number of hydrogen-bond donors (Lipinski definition) is 1. The Balaban J connectivity index is 1.93. The van der Waals surface area contributed by atoms with Crippen LogP contribution in [0.25, 0.3) is 0 Å². The van der Waals surface area contributed by atoms with E-state index in [-0.39, 0.29) is 18.4 Å². The van der Waals surface area contributed by atoms with Crippen molar-refractivity contribution in [1.82, 2.24) is 9.88 Å². The van der Waals surface area contributed by atoms with Crippen molar-refractivity contribution in [2.75, 3.05) is 26.0 Å². The smallest absolute Gasteiger partial charge is 0.255 e. The Morgan fingerprint density at radius 1 is 1.22 bits per heavy atom. The zero-order valence-electron chi connectivity index (χ0n) is 12.7. The third-order valence-electron chi connectivity index (χ3n) is 3.08. The fraction of sp³-hybridized carbons (Fsp3) is 0.188. The first kappa shape index (κ1) is 16.8. The maximum absolute atomic E-state index is 12.2. The minimum atomic E-state index is -0.306. The van der Waals surface area contributed by atoms with E-state index in [0.29, 0.717) is 22.2 Å². The Labute approximate surface area is 139 Å². The van der Waals surface area contributed by atoms with E-state index < -0.39 is 0 Å². The van der Waals surface area contributed by atoms with E-state index in [9.17, 15) is 9.59 Å². The quantitative estimate of drug-likeness (QED) is 0.853. The number of nitrogens with one attached hydrogen (secondary N) is 1. The molecular formula is C16H16ClN3O3. The fourth-order valence-electron chi connectivity index (χ4n) is 1.88. The molecule has 0 radical (unpaired) electrons. The molecule has 0 saturated heterocycles. The van der Waals surface area contributed by atoms with E-state index in [1.165, 1.54) is 17.2 Å². The van der Waals surface area contributed by atoms with Gasteiger partial charge in [-0.2, -0.15) is 0 Å². The lowest BCUT2D eigenvalue weighted by atomic mass is 10.2. The summed E-state index contributed by atoms with van der Waals surface area (Å²) in [5.41, 5.74) is 0.999. The number of carbonyl (C=O) groups excluding carboxylic acids is 2. The van der Waals surface area contributed by atoms with Crippen molar-refractivity contribution in [1.29, 1.82) is 0 Å². The highest BCUT2D eigenvalue weighted by Gasteiger charge is 2.15. The number of likely N-dealkylation sites (N-methyl/N-ethyl adjacent to an activating group) is 1. The molecule has 6 nitrogen and oxygen atoms in total. The minimum absolute atomic E-state index is 0.0759. The Hall–Kier alpha value is -2.60. The van der Waals surface area contributed by atoms with Crippen LogP contribution >= 0.6 is 11.6 Å². The van der Waals surface area contributed by atoms with Gasteiger partial charge in [0.1, 0.15) is 10.9 Å². The molecule has 0 unspecified atom stereocenters. The molecule has 1 aromatic heterocycles. The molecule has 0 bridgehead atoms. The maximum Gasteiger partial charge on any atom is 0.255 e. The van der Waals surface area contributed by atoms with Crippen molar-refractivity contribution in [3.05, 3.63) is 53.3 Å². The molecule has 0 spiro atoms. The van der Waals surface area contributed by atoms with Crippen LogP contribution in [0.3, 0.4) is 0 Å². The average molecular weight is 334 g/mol. The molecule has 2 rings (SSSR count). The van der Waals surface area contributed by atoms with Crippen molar-refractivity contribution >= 4 is 29.1 Å². The van der Waals surface area contributed by atoms with Crippen molar-refractivity contribution in [2.24, 2.45) is 0 Å². The van der Waals surface area contributed by atoms with E-state index in [1.807, 2.05) is 0 Å². The summed E-state index contributed by atoms with van der Waals surface area (Å²) in [6.45, 7) is -0.0759. The van der Waals surface area contributed by atoms with Crippen LogP contribution in [0.2, 0.25) is 5.15 Å². The number of carbonyl (C=O) groups is 2. The summed E-state index contributed by atoms with van der Waals surface area (Å²) in [6.07, 6.45) is 1.38. The number of halogens is 1. The van der Waals surface area contributed by atoms with Gasteiger partial charge in [-0.15, -0.1) is 0 Å². The lowest BCUT2D eigenvalue weighted by Crippen LogP contribution is -2.34. The van der Waals surface area contributed by atoms with Crippen LogP contribution in [0.15, 0.2) is 42.6 Å². The third-order valence-corrected chi connectivity index (χ3v) is 3.30. The molecular weight excluding hydrogens is 318 g/mol. The van der Waals surface area contributed by atoms with Gasteiger partial charge in [-0.05, 0) is 36.4 Å². The molecule has 120 valence electrons. The first-order chi connectivity index (χ1) is 11.0. The van der Waals surface area contributed by atoms with Gasteiger partial charge in [-0.25, -0.2) is 4.98 Å². The van der Waals surface area contributed by atoms with Crippen LogP contribution in [0.1, 0.15) is 10.4 Å². The number of aromatic nitrogens is 1. The second kappa shape index (κ2) is 7.60. The molecule has 0 aliphatic rings. The van der Waals surface area contributed by atoms with E-state index in [0.717, 1.165) is 0 Å². The van der Waals surface area contributed by atoms with Crippen molar-refractivity contribution < 1.29 is 14.3 Å². The lowest BCUT2D eigenvalue weighted by Gasteiger charge is -2.16. The fourth-order valence-corrected chi connectivity index (χ4v) is 2.00. The van der Waals surface area contributed by atoms with Crippen molar-refractivity contribution in [3.8, 4) is 5.75 Å². The van der Waals surface area contributed by atoms with Gasteiger partial charge in [0.05, 0.1) is 19.2 Å². The number of benzene rings is 1. The Bertz CT molecular complexity index is 687. The molecule has 0 fully saturated rings. The Kier molecular flexibility index (Phi) is 5.54. The summed E-state index contributed by atoms with van der Waals surface area (Å²) in [6, 6.07) is 10.0. The highest BCUT2D eigenvalue weighted by Crippen LogP contribution is 2.15. The maximum atomic E-state index is 12.2. The van der Waals surface area contributed by atoms with Gasteiger partial charge < -0.3 is 15.0 Å². The topological polar surface area (TPSA) is 71.5 Å². The molecule has 23 heavy (non-hydrogen) atoms. The first-order valence-corrected chi connectivity index (χ1v) is 7.18. The number of hydrogen-bond acceptors (Lipinski definition) is 4. The van der Waals surface area contributed by atoms with Gasteiger partial charge in [0.2, 0.25) is 5.91 Å². The lowest BCUT2D eigenvalue weighted by molar-refractivity contribution is -0.116. The summed E-state index contributed by atoms with van der Waals surface area (Å²) < 4.78 is 5.05. The number of methoxy groups -OCH3 is 1. The summed E-state index contributed by atoms with van der Waals surface area (Å²) >= 11 is 5.68. The summed E-state index contributed by atoms with van der Waals surface area (Å²) in [5, 5.41) is 3.02. The number of rotatable bonds is 5. The van der Waals surface area contributed by atoms with E-state index in [1.54, 1.807) is 44.5 Å². The Morgan fingerprint density at radius 2 is 1.91 bits per heavy atom. The molecule has 1 N–H and O–H groups in total. The summed E-state index contributed by atoms with van der Waals surface area (Å²) in [4.78, 5) is 29.3. The normalized spacial score (nSPS) is 10.0.